The van der Waals surface area contributed by atoms with Gasteiger partial charge in [-0.3, -0.25) is 9.69 Å². The number of hydrogen-bond donors (Lipinski definition) is 1. The number of hydrogen-bond acceptors (Lipinski definition) is 4. The minimum atomic E-state index is 0.0141. The van der Waals surface area contributed by atoms with Crippen molar-refractivity contribution in [3.05, 3.63) is 59.1 Å². The van der Waals surface area contributed by atoms with Gasteiger partial charge in [0.2, 0.25) is 0 Å². The summed E-state index contributed by atoms with van der Waals surface area (Å²) >= 11 is 5.89. The summed E-state index contributed by atoms with van der Waals surface area (Å²) in [6, 6.07) is 15.5. The van der Waals surface area contributed by atoms with E-state index in [1.54, 1.807) is 0 Å². The second kappa shape index (κ2) is 10.5. The van der Waals surface area contributed by atoms with Gasteiger partial charge in [0.25, 0.3) is 5.91 Å². The van der Waals surface area contributed by atoms with Gasteiger partial charge in [0.1, 0.15) is 12.4 Å². The zero-order valence-electron chi connectivity index (χ0n) is 17.2. The number of nitrogens with one attached hydrogen (secondary N) is 1. The summed E-state index contributed by atoms with van der Waals surface area (Å²) in [4.78, 5) is 17.1. The topological polar surface area (TPSA) is 44.8 Å². The largest absolute Gasteiger partial charge is 0.492 e. The van der Waals surface area contributed by atoms with Crippen LogP contribution in [-0.2, 0) is 0 Å². The molecule has 0 atom stereocenters. The summed E-state index contributed by atoms with van der Waals surface area (Å²) in [6.07, 6.45) is 1.92. The summed E-state index contributed by atoms with van der Waals surface area (Å²) in [5.74, 6) is 0.855. The molecule has 0 spiro atoms. The fourth-order valence-corrected chi connectivity index (χ4v) is 3.57. The van der Waals surface area contributed by atoms with E-state index in [0.29, 0.717) is 11.6 Å². The maximum absolute atomic E-state index is 12.5. The average Bonchev–Trinajstić information content (AvgIpc) is 2.76. The number of nitrogens with zero attached hydrogens (tertiary/aromatic N) is 2. The van der Waals surface area contributed by atoms with Gasteiger partial charge in [-0.2, -0.15) is 0 Å². The molecule has 29 heavy (non-hydrogen) atoms. The van der Waals surface area contributed by atoms with Gasteiger partial charge in [0.05, 0.1) is 0 Å². The minimum Gasteiger partial charge on any atom is -0.492 e. The molecule has 0 saturated carbocycles. The van der Waals surface area contributed by atoms with Crippen LogP contribution >= 0.6 is 11.6 Å². The molecule has 0 aliphatic carbocycles. The van der Waals surface area contributed by atoms with Crippen LogP contribution in [0, 0.1) is 0 Å². The zero-order chi connectivity index (χ0) is 20.6. The average molecular weight is 416 g/mol. The fourth-order valence-electron chi connectivity index (χ4n) is 3.44. The van der Waals surface area contributed by atoms with E-state index in [1.807, 2.05) is 55.6 Å². The Morgan fingerprint density at radius 3 is 2.41 bits per heavy atom. The third kappa shape index (κ3) is 6.38. The van der Waals surface area contributed by atoms with Gasteiger partial charge in [-0.1, -0.05) is 11.6 Å². The van der Waals surface area contributed by atoms with Crippen molar-refractivity contribution < 1.29 is 9.53 Å². The molecule has 1 aliphatic rings. The van der Waals surface area contributed by atoms with E-state index in [9.17, 15) is 4.79 Å². The van der Waals surface area contributed by atoms with Crippen molar-refractivity contribution in [2.24, 2.45) is 0 Å². The van der Waals surface area contributed by atoms with Crippen LogP contribution in [-0.4, -0.2) is 56.7 Å². The first kappa shape index (κ1) is 21.5. The molecular weight excluding hydrogens is 386 g/mol. The van der Waals surface area contributed by atoms with Gasteiger partial charge in [-0.15, -0.1) is 0 Å². The maximum Gasteiger partial charge on any atom is 0.251 e. The van der Waals surface area contributed by atoms with Crippen molar-refractivity contribution in [3.8, 4) is 5.75 Å². The van der Waals surface area contributed by atoms with Crippen molar-refractivity contribution in [2.45, 2.75) is 25.8 Å². The molecule has 0 bridgehead atoms. The lowest BCUT2D eigenvalue weighted by atomic mass is 10.0. The molecule has 1 fully saturated rings. The molecule has 156 valence electrons. The third-order valence-electron chi connectivity index (χ3n) is 5.46. The minimum absolute atomic E-state index is 0.0141. The highest BCUT2D eigenvalue weighted by Gasteiger charge is 2.21. The number of halogens is 1. The Balaban J connectivity index is 1.37. The molecule has 1 aliphatic heterocycles. The monoisotopic (exact) mass is 415 g/mol. The highest BCUT2D eigenvalue weighted by Crippen LogP contribution is 2.17. The Hall–Kier alpha value is -2.24. The molecule has 3 rings (SSSR count). The molecule has 1 heterocycles. The van der Waals surface area contributed by atoms with Crippen LogP contribution in [0.3, 0.4) is 0 Å². The highest BCUT2D eigenvalue weighted by molar-refractivity contribution is 6.30. The quantitative estimate of drug-likeness (QED) is 0.705. The predicted octanol–water partition coefficient (Wildman–Crippen LogP) is 4.07. The zero-order valence-corrected chi connectivity index (χ0v) is 18.0. The van der Waals surface area contributed by atoms with Crippen LogP contribution in [0.2, 0.25) is 5.02 Å². The molecule has 0 aromatic heterocycles. The third-order valence-corrected chi connectivity index (χ3v) is 5.71. The van der Waals surface area contributed by atoms with E-state index >= 15 is 0 Å². The van der Waals surface area contributed by atoms with Gasteiger partial charge in [-0.25, -0.2) is 0 Å². The number of likely N-dealkylation sites (tertiary alicyclic amines) is 1. The van der Waals surface area contributed by atoms with E-state index in [0.717, 1.165) is 56.0 Å². The number of anilines is 1. The Morgan fingerprint density at radius 1 is 1.14 bits per heavy atom. The maximum atomic E-state index is 12.5. The Kier molecular flexibility index (Phi) is 7.78. The number of benzene rings is 2. The summed E-state index contributed by atoms with van der Waals surface area (Å²) in [5.41, 5.74) is 1.84. The first-order valence-electron chi connectivity index (χ1n) is 10.3. The van der Waals surface area contributed by atoms with E-state index in [-0.39, 0.29) is 11.9 Å². The van der Waals surface area contributed by atoms with E-state index in [4.69, 9.17) is 16.3 Å². The van der Waals surface area contributed by atoms with Crippen molar-refractivity contribution >= 4 is 23.2 Å². The molecule has 0 unspecified atom stereocenters. The van der Waals surface area contributed by atoms with Gasteiger partial charge in [0, 0.05) is 55.5 Å². The number of carbonyl (C=O) groups is 1. The number of piperidine rings is 1. The molecule has 1 saturated heterocycles. The Morgan fingerprint density at radius 2 is 1.79 bits per heavy atom. The Labute approximate surface area is 178 Å². The Bertz CT molecular complexity index is 772. The summed E-state index contributed by atoms with van der Waals surface area (Å²) in [5, 5.41) is 3.90. The molecule has 2 aromatic carbocycles. The van der Waals surface area contributed by atoms with Gasteiger partial charge < -0.3 is 15.0 Å². The first-order chi connectivity index (χ1) is 14.0. The normalized spacial score (nSPS) is 15.1. The van der Waals surface area contributed by atoms with Gasteiger partial charge in [-0.05, 0) is 68.3 Å². The second-order valence-corrected chi connectivity index (χ2v) is 7.89. The van der Waals surface area contributed by atoms with Crippen LogP contribution < -0.4 is 15.0 Å². The molecule has 2 aromatic rings. The predicted molar refractivity (Wildman–Crippen MR) is 119 cm³/mol. The number of carbonyl (C=O) groups excluding carboxylic acids is 1. The summed E-state index contributed by atoms with van der Waals surface area (Å²) < 4.78 is 5.77. The number of amides is 1. The molecule has 0 radical (unpaired) electrons. The van der Waals surface area contributed by atoms with Crippen LogP contribution in [0.25, 0.3) is 0 Å². The smallest absolute Gasteiger partial charge is 0.251 e. The number of rotatable bonds is 8. The van der Waals surface area contributed by atoms with Crippen molar-refractivity contribution in [2.75, 3.05) is 44.7 Å². The number of ether oxygens (including phenoxy) is 1. The lowest BCUT2D eigenvalue weighted by Crippen LogP contribution is -2.45. The van der Waals surface area contributed by atoms with E-state index in [2.05, 4.69) is 22.0 Å². The van der Waals surface area contributed by atoms with Crippen LogP contribution in [0.4, 0.5) is 5.69 Å². The van der Waals surface area contributed by atoms with Crippen LogP contribution in [0.1, 0.15) is 30.1 Å². The molecule has 6 heteroatoms. The van der Waals surface area contributed by atoms with Gasteiger partial charge in [0.15, 0.2) is 0 Å². The highest BCUT2D eigenvalue weighted by atomic mass is 35.5. The van der Waals surface area contributed by atoms with Crippen molar-refractivity contribution in [1.29, 1.82) is 0 Å². The lowest BCUT2D eigenvalue weighted by molar-refractivity contribution is 0.0905. The van der Waals surface area contributed by atoms with E-state index < -0.39 is 0 Å². The molecule has 5 nitrogen and oxygen atoms in total. The molecular formula is C23H30ClN3O2. The fraction of sp³-hybridized carbons (Fsp3) is 0.435. The van der Waals surface area contributed by atoms with Crippen LogP contribution in [0.15, 0.2) is 48.5 Å². The molecule has 1 amide bonds. The van der Waals surface area contributed by atoms with Crippen molar-refractivity contribution in [1.82, 2.24) is 10.2 Å². The van der Waals surface area contributed by atoms with E-state index in [1.165, 1.54) is 0 Å². The summed E-state index contributed by atoms with van der Waals surface area (Å²) in [7, 11) is 2.05. The van der Waals surface area contributed by atoms with Gasteiger partial charge >= 0.3 is 0 Å². The summed E-state index contributed by atoms with van der Waals surface area (Å²) in [6.45, 7) is 6.52. The standard InChI is InChI=1S/C23H30ClN3O2/c1-3-26(2)21-8-4-18(5-9-21)23(28)25-20-12-14-27(15-13-20)16-17-29-22-10-6-19(24)7-11-22/h4-11,20H,3,12-17H2,1-2H3,(H,25,28). The SMILES string of the molecule is CCN(C)c1ccc(C(=O)NC2CCN(CCOc3ccc(Cl)cc3)CC2)cc1. The first-order valence-corrected chi connectivity index (χ1v) is 10.7. The second-order valence-electron chi connectivity index (χ2n) is 7.45. The van der Waals surface area contributed by atoms with Crippen molar-refractivity contribution in [3.63, 3.8) is 0 Å². The lowest BCUT2D eigenvalue weighted by Gasteiger charge is -2.32. The van der Waals surface area contributed by atoms with Crippen LogP contribution in [0.5, 0.6) is 5.75 Å². The molecule has 1 N–H and O–H groups in total.